The molecule has 1 fully saturated rings. The summed E-state index contributed by atoms with van der Waals surface area (Å²) >= 11 is 0. The summed E-state index contributed by atoms with van der Waals surface area (Å²) in [7, 11) is 1.59. The van der Waals surface area contributed by atoms with E-state index in [-0.39, 0.29) is 0 Å². The quantitative estimate of drug-likeness (QED) is 0.833. The van der Waals surface area contributed by atoms with Crippen LogP contribution < -0.4 is 14.8 Å². The first-order valence-corrected chi connectivity index (χ1v) is 6.01. The third-order valence-corrected chi connectivity index (χ3v) is 2.94. The van der Waals surface area contributed by atoms with Gasteiger partial charge in [-0.3, -0.25) is 0 Å². The Kier molecular flexibility index (Phi) is 4.14. The lowest BCUT2D eigenvalue weighted by atomic mass is 10.1. The van der Waals surface area contributed by atoms with Gasteiger partial charge >= 0.3 is 0 Å². The predicted octanol–water partition coefficient (Wildman–Crippen LogP) is 1.17. The van der Waals surface area contributed by atoms with Gasteiger partial charge in [0.25, 0.3) is 0 Å². The molecule has 2 rings (SSSR count). The van der Waals surface area contributed by atoms with E-state index in [0.29, 0.717) is 24.2 Å². The van der Waals surface area contributed by atoms with Crippen LogP contribution in [0.3, 0.4) is 0 Å². The van der Waals surface area contributed by atoms with Gasteiger partial charge in [0.1, 0.15) is 5.82 Å². The van der Waals surface area contributed by atoms with E-state index in [1.807, 2.05) is 6.92 Å². The van der Waals surface area contributed by atoms with Crippen molar-refractivity contribution in [2.75, 3.05) is 26.8 Å². The molecule has 5 heteroatoms. The van der Waals surface area contributed by atoms with E-state index < -0.39 is 0 Å². The van der Waals surface area contributed by atoms with Gasteiger partial charge in [-0.25, -0.2) is 0 Å². The summed E-state index contributed by atoms with van der Waals surface area (Å²) < 4.78 is 10.7. The van der Waals surface area contributed by atoms with Crippen LogP contribution in [0, 0.1) is 12.8 Å². The summed E-state index contributed by atoms with van der Waals surface area (Å²) in [6, 6.07) is 1.72. The lowest BCUT2D eigenvalue weighted by molar-refractivity contribution is 0.270. The second kappa shape index (κ2) is 5.82. The van der Waals surface area contributed by atoms with Gasteiger partial charge in [-0.2, -0.15) is 9.97 Å². The highest BCUT2D eigenvalue weighted by molar-refractivity contribution is 5.20. The number of nitrogens with zero attached hydrogens (tertiary/aromatic N) is 2. The molecule has 1 aliphatic heterocycles. The van der Waals surface area contributed by atoms with E-state index in [1.54, 1.807) is 13.2 Å². The van der Waals surface area contributed by atoms with Gasteiger partial charge < -0.3 is 14.8 Å². The number of hydrogen-bond donors (Lipinski definition) is 1. The summed E-state index contributed by atoms with van der Waals surface area (Å²) in [5, 5.41) is 3.35. The highest BCUT2D eigenvalue weighted by Gasteiger charge is 2.14. The third kappa shape index (κ3) is 3.56. The van der Waals surface area contributed by atoms with Gasteiger partial charge in [0.15, 0.2) is 0 Å². The van der Waals surface area contributed by atoms with E-state index in [1.165, 1.54) is 6.42 Å². The topological polar surface area (TPSA) is 56.3 Å². The van der Waals surface area contributed by atoms with Crippen LogP contribution in [0.1, 0.15) is 18.7 Å². The van der Waals surface area contributed by atoms with Crippen LogP contribution in [0.25, 0.3) is 0 Å². The number of nitrogens with one attached hydrogen (secondary N) is 1. The first-order chi connectivity index (χ1) is 8.28. The van der Waals surface area contributed by atoms with Crippen molar-refractivity contribution < 1.29 is 9.47 Å². The van der Waals surface area contributed by atoms with Crippen molar-refractivity contribution >= 4 is 0 Å². The molecule has 0 spiro atoms. The van der Waals surface area contributed by atoms with Crippen LogP contribution >= 0.6 is 0 Å². The molecule has 17 heavy (non-hydrogen) atoms. The maximum Gasteiger partial charge on any atom is 0.220 e. The Hall–Kier alpha value is -1.36. The number of ether oxygens (including phenoxy) is 2. The minimum atomic E-state index is 0.551. The van der Waals surface area contributed by atoms with Crippen molar-refractivity contribution in [1.29, 1.82) is 0 Å². The summed E-state index contributed by atoms with van der Waals surface area (Å²) in [6.45, 7) is 4.77. The predicted molar refractivity (Wildman–Crippen MR) is 64.4 cm³/mol. The normalized spacial score (nSPS) is 19.3. The summed E-state index contributed by atoms with van der Waals surface area (Å²) in [5.41, 5.74) is 0. The van der Waals surface area contributed by atoms with E-state index in [9.17, 15) is 0 Å². The molecule has 0 radical (unpaired) electrons. The molecule has 0 bridgehead atoms. The molecule has 0 saturated carbocycles. The highest BCUT2D eigenvalue weighted by atomic mass is 16.5. The average Bonchev–Trinajstić information content (AvgIpc) is 2.81. The van der Waals surface area contributed by atoms with Gasteiger partial charge in [-0.05, 0) is 38.8 Å². The minimum absolute atomic E-state index is 0.551. The molecule has 1 N–H and O–H groups in total. The van der Waals surface area contributed by atoms with Gasteiger partial charge in [-0.15, -0.1) is 0 Å². The number of hydrogen-bond acceptors (Lipinski definition) is 5. The van der Waals surface area contributed by atoms with E-state index >= 15 is 0 Å². The fourth-order valence-electron chi connectivity index (χ4n) is 1.98. The Balaban J connectivity index is 1.83. The first kappa shape index (κ1) is 12.1. The van der Waals surface area contributed by atoms with Crippen LogP contribution in [-0.4, -0.2) is 36.8 Å². The number of methoxy groups -OCH3 is 1. The fourth-order valence-corrected chi connectivity index (χ4v) is 1.98. The highest BCUT2D eigenvalue weighted by Crippen LogP contribution is 2.17. The number of aromatic nitrogens is 2. The van der Waals surface area contributed by atoms with Gasteiger partial charge in [0.05, 0.1) is 19.8 Å². The third-order valence-electron chi connectivity index (χ3n) is 2.94. The van der Waals surface area contributed by atoms with Gasteiger partial charge in [0.2, 0.25) is 11.8 Å². The average molecular weight is 237 g/mol. The van der Waals surface area contributed by atoms with Crippen molar-refractivity contribution in [3.8, 4) is 11.8 Å². The lowest BCUT2D eigenvalue weighted by Crippen LogP contribution is -2.12. The Bertz CT molecular complexity index is 365. The minimum Gasteiger partial charge on any atom is -0.481 e. The standard InChI is InChI=1S/C12H19N3O2/c1-9-14-11(16-2)7-12(15-9)17-6-4-10-3-5-13-8-10/h7,10,13H,3-6,8H2,1-2H3. The molecule has 0 amide bonds. The molecule has 1 aromatic rings. The Morgan fingerprint density at radius 2 is 2.24 bits per heavy atom. The lowest BCUT2D eigenvalue weighted by Gasteiger charge is -2.10. The largest absolute Gasteiger partial charge is 0.481 e. The van der Waals surface area contributed by atoms with Crippen molar-refractivity contribution in [2.24, 2.45) is 5.92 Å². The molecule has 2 heterocycles. The van der Waals surface area contributed by atoms with E-state index in [0.717, 1.165) is 25.4 Å². The molecular weight excluding hydrogens is 218 g/mol. The second-order valence-electron chi connectivity index (χ2n) is 4.29. The monoisotopic (exact) mass is 237 g/mol. The van der Waals surface area contributed by atoms with Crippen molar-refractivity contribution in [3.05, 3.63) is 11.9 Å². The molecule has 1 aromatic heterocycles. The molecule has 0 aromatic carbocycles. The van der Waals surface area contributed by atoms with E-state index in [4.69, 9.17) is 9.47 Å². The Morgan fingerprint density at radius 1 is 1.41 bits per heavy atom. The first-order valence-electron chi connectivity index (χ1n) is 6.01. The fraction of sp³-hybridized carbons (Fsp3) is 0.667. The summed E-state index contributed by atoms with van der Waals surface area (Å²) in [4.78, 5) is 8.33. The SMILES string of the molecule is COc1cc(OCCC2CCNC2)nc(C)n1. The van der Waals surface area contributed by atoms with Crippen molar-refractivity contribution in [1.82, 2.24) is 15.3 Å². The maximum absolute atomic E-state index is 5.63. The number of aryl methyl sites for hydroxylation is 1. The van der Waals surface area contributed by atoms with Crippen LogP contribution in [0.5, 0.6) is 11.8 Å². The van der Waals surface area contributed by atoms with Gasteiger partial charge in [0, 0.05) is 0 Å². The Labute approximate surface area is 102 Å². The molecule has 0 aliphatic carbocycles. The molecular formula is C12H19N3O2. The van der Waals surface area contributed by atoms with Crippen LogP contribution in [0.2, 0.25) is 0 Å². The molecule has 94 valence electrons. The van der Waals surface area contributed by atoms with Crippen LogP contribution in [0.4, 0.5) is 0 Å². The second-order valence-corrected chi connectivity index (χ2v) is 4.29. The number of rotatable bonds is 5. The van der Waals surface area contributed by atoms with Crippen molar-refractivity contribution in [2.45, 2.75) is 19.8 Å². The molecule has 1 unspecified atom stereocenters. The smallest absolute Gasteiger partial charge is 0.220 e. The molecule has 1 aliphatic rings. The van der Waals surface area contributed by atoms with Crippen LogP contribution in [-0.2, 0) is 0 Å². The molecule has 1 saturated heterocycles. The zero-order valence-electron chi connectivity index (χ0n) is 10.4. The summed E-state index contributed by atoms with van der Waals surface area (Å²) in [6.07, 6.45) is 2.31. The van der Waals surface area contributed by atoms with Crippen molar-refractivity contribution in [3.63, 3.8) is 0 Å². The summed E-state index contributed by atoms with van der Waals surface area (Å²) in [5.74, 6) is 2.55. The molecule has 1 atom stereocenters. The molecule has 5 nitrogen and oxygen atoms in total. The zero-order valence-corrected chi connectivity index (χ0v) is 10.4. The van der Waals surface area contributed by atoms with E-state index in [2.05, 4.69) is 15.3 Å². The van der Waals surface area contributed by atoms with Crippen LogP contribution in [0.15, 0.2) is 6.07 Å². The Morgan fingerprint density at radius 3 is 2.94 bits per heavy atom. The van der Waals surface area contributed by atoms with Gasteiger partial charge in [-0.1, -0.05) is 0 Å². The zero-order chi connectivity index (χ0) is 12.1. The maximum atomic E-state index is 5.63.